The molecule has 1 amide bonds. The first kappa shape index (κ1) is 16.5. The number of fused-ring (bicyclic) bond motifs is 2. The van der Waals surface area contributed by atoms with E-state index in [2.05, 4.69) is 15.6 Å². The fraction of sp³-hybridized carbons (Fsp3) is 0.368. The molecule has 2 bridgehead atoms. The summed E-state index contributed by atoms with van der Waals surface area (Å²) in [4.78, 5) is 24.3. The number of hydrogen-bond donors (Lipinski definition) is 2. The van der Waals surface area contributed by atoms with Crippen molar-refractivity contribution in [2.45, 2.75) is 19.4 Å². The number of carboxylic acids is 1. The van der Waals surface area contributed by atoms with Gasteiger partial charge in [0, 0.05) is 0 Å². The van der Waals surface area contributed by atoms with E-state index in [1.807, 2.05) is 49.4 Å². The molecule has 1 aromatic carbocycles. The van der Waals surface area contributed by atoms with Crippen LogP contribution in [0, 0.1) is 23.7 Å². The number of benzene rings is 1. The Bertz CT molecular complexity index is 861. The van der Waals surface area contributed by atoms with Gasteiger partial charge in [-0.05, 0) is 37.3 Å². The highest BCUT2D eigenvalue weighted by Gasteiger charge is 2.51. The molecule has 7 heteroatoms. The molecule has 2 aliphatic carbocycles. The zero-order valence-corrected chi connectivity index (χ0v) is 14.3. The number of nitrogens with one attached hydrogen (secondary N) is 1. The quantitative estimate of drug-likeness (QED) is 0.802. The average Bonchev–Trinajstić information content (AvgIpc) is 3.37. The van der Waals surface area contributed by atoms with Gasteiger partial charge in [-0.2, -0.15) is 0 Å². The maximum atomic E-state index is 12.7. The van der Waals surface area contributed by atoms with Gasteiger partial charge in [0.15, 0.2) is 0 Å². The second kappa shape index (κ2) is 6.40. The van der Waals surface area contributed by atoms with Crippen molar-refractivity contribution in [1.82, 2.24) is 20.3 Å². The minimum atomic E-state index is -0.898. The van der Waals surface area contributed by atoms with Crippen molar-refractivity contribution in [3.05, 3.63) is 54.4 Å². The van der Waals surface area contributed by atoms with Gasteiger partial charge in [0.25, 0.3) is 0 Å². The first-order valence-corrected chi connectivity index (χ1v) is 8.74. The number of nitrogens with zero attached hydrogens (tertiary/aromatic N) is 3. The Hall–Kier alpha value is -2.96. The van der Waals surface area contributed by atoms with Crippen LogP contribution in [0.3, 0.4) is 0 Å². The summed E-state index contributed by atoms with van der Waals surface area (Å²) < 4.78 is 1.65. The normalized spacial score (nSPS) is 27.4. The summed E-state index contributed by atoms with van der Waals surface area (Å²) in [5, 5.41) is 20.7. The van der Waals surface area contributed by atoms with Gasteiger partial charge in [-0.3, -0.25) is 9.59 Å². The van der Waals surface area contributed by atoms with Gasteiger partial charge in [-0.25, -0.2) is 4.68 Å². The summed E-state index contributed by atoms with van der Waals surface area (Å²) in [5.41, 5.74) is 1.52. The van der Waals surface area contributed by atoms with Crippen LogP contribution in [0.15, 0.2) is 48.7 Å². The lowest BCUT2D eigenvalue weighted by Crippen LogP contribution is -2.41. The number of allylic oxidation sites excluding steroid dienone is 2. The van der Waals surface area contributed by atoms with Crippen LogP contribution >= 0.6 is 0 Å². The van der Waals surface area contributed by atoms with E-state index >= 15 is 0 Å². The summed E-state index contributed by atoms with van der Waals surface area (Å²) >= 11 is 0. The van der Waals surface area contributed by atoms with Crippen LogP contribution in [0.5, 0.6) is 0 Å². The summed E-state index contributed by atoms with van der Waals surface area (Å²) in [6.45, 7) is 1.83. The average molecular weight is 352 g/mol. The fourth-order valence-electron chi connectivity index (χ4n) is 4.08. The Morgan fingerprint density at radius 3 is 2.58 bits per heavy atom. The van der Waals surface area contributed by atoms with E-state index in [4.69, 9.17) is 0 Å². The van der Waals surface area contributed by atoms with Crippen molar-refractivity contribution >= 4 is 11.9 Å². The van der Waals surface area contributed by atoms with Crippen LogP contribution in [0.25, 0.3) is 5.69 Å². The van der Waals surface area contributed by atoms with Crippen LogP contribution in [-0.2, 0) is 9.59 Å². The van der Waals surface area contributed by atoms with E-state index in [1.54, 1.807) is 10.9 Å². The molecule has 5 unspecified atom stereocenters. The number of aromatic nitrogens is 3. The molecule has 0 saturated heterocycles. The highest BCUT2D eigenvalue weighted by Crippen LogP contribution is 2.48. The third-order valence-corrected chi connectivity index (χ3v) is 5.38. The smallest absolute Gasteiger partial charge is 0.307 e. The van der Waals surface area contributed by atoms with Crippen LogP contribution in [-0.4, -0.2) is 32.0 Å². The zero-order chi connectivity index (χ0) is 18.3. The number of carbonyl (C=O) groups excluding carboxylic acids is 1. The Morgan fingerprint density at radius 1 is 1.19 bits per heavy atom. The van der Waals surface area contributed by atoms with E-state index in [-0.39, 0.29) is 23.8 Å². The Kier molecular flexibility index (Phi) is 4.06. The van der Waals surface area contributed by atoms with Gasteiger partial charge < -0.3 is 10.4 Å². The van der Waals surface area contributed by atoms with Crippen LogP contribution < -0.4 is 5.32 Å². The first-order chi connectivity index (χ1) is 12.5. The monoisotopic (exact) mass is 352 g/mol. The molecule has 26 heavy (non-hydrogen) atoms. The molecule has 0 radical (unpaired) electrons. The number of aliphatic carboxylic acids is 1. The molecule has 7 nitrogen and oxygen atoms in total. The lowest BCUT2D eigenvalue weighted by atomic mass is 9.82. The van der Waals surface area contributed by atoms with Gasteiger partial charge in [0.05, 0.1) is 29.8 Å². The second-order valence-corrected chi connectivity index (χ2v) is 6.99. The minimum Gasteiger partial charge on any atom is -0.481 e. The van der Waals surface area contributed by atoms with Gasteiger partial charge in [-0.15, -0.1) is 5.10 Å². The molecule has 1 saturated carbocycles. The molecule has 2 aromatic rings. The molecule has 0 spiro atoms. The molecule has 2 aliphatic rings. The minimum absolute atomic E-state index is 0.00769. The predicted molar refractivity (Wildman–Crippen MR) is 93.3 cm³/mol. The molecule has 1 heterocycles. The Balaban J connectivity index is 1.47. The van der Waals surface area contributed by atoms with Crippen LogP contribution in [0.2, 0.25) is 0 Å². The van der Waals surface area contributed by atoms with Crippen molar-refractivity contribution in [3.8, 4) is 5.69 Å². The maximum Gasteiger partial charge on any atom is 0.307 e. The lowest BCUT2D eigenvalue weighted by Gasteiger charge is -2.25. The number of amides is 1. The van der Waals surface area contributed by atoms with Crippen molar-refractivity contribution in [2.75, 3.05) is 0 Å². The standard InChI is InChI=1S/C19H20N4O3/c1-11(15-10-23(22-21-15)14-5-3-2-4-6-14)20-18(24)16-12-7-8-13(9-12)17(16)19(25)26/h2-8,10-13,16-17H,9H2,1H3,(H,20,24)(H,25,26). The summed E-state index contributed by atoms with van der Waals surface area (Å²) in [6.07, 6.45) is 6.43. The third kappa shape index (κ3) is 2.79. The van der Waals surface area contributed by atoms with E-state index < -0.39 is 17.8 Å². The number of carbonyl (C=O) groups is 2. The van der Waals surface area contributed by atoms with Crippen molar-refractivity contribution < 1.29 is 14.7 Å². The molecule has 1 fully saturated rings. The largest absolute Gasteiger partial charge is 0.481 e. The van der Waals surface area contributed by atoms with Gasteiger partial charge >= 0.3 is 5.97 Å². The third-order valence-electron chi connectivity index (χ3n) is 5.38. The molecular formula is C19H20N4O3. The van der Waals surface area contributed by atoms with Crippen molar-refractivity contribution in [3.63, 3.8) is 0 Å². The van der Waals surface area contributed by atoms with Gasteiger partial charge in [-0.1, -0.05) is 35.6 Å². The number of para-hydroxylation sites is 1. The van der Waals surface area contributed by atoms with Crippen molar-refractivity contribution in [1.29, 1.82) is 0 Å². The summed E-state index contributed by atoms with van der Waals surface area (Å²) in [5.74, 6) is -2.32. The van der Waals surface area contributed by atoms with Crippen molar-refractivity contribution in [2.24, 2.45) is 23.7 Å². The van der Waals surface area contributed by atoms with E-state index in [0.717, 1.165) is 12.1 Å². The highest BCUT2D eigenvalue weighted by molar-refractivity contribution is 5.87. The number of rotatable bonds is 5. The number of carboxylic acid groups (broad SMARTS) is 1. The lowest BCUT2D eigenvalue weighted by molar-refractivity contribution is -0.148. The molecule has 5 atom stereocenters. The predicted octanol–water partition coefficient (Wildman–Crippen LogP) is 1.97. The van der Waals surface area contributed by atoms with E-state index in [0.29, 0.717) is 5.69 Å². The maximum absolute atomic E-state index is 12.7. The molecule has 0 aliphatic heterocycles. The molecule has 1 aromatic heterocycles. The molecule has 134 valence electrons. The highest BCUT2D eigenvalue weighted by atomic mass is 16.4. The number of hydrogen-bond acceptors (Lipinski definition) is 4. The first-order valence-electron chi connectivity index (χ1n) is 8.74. The SMILES string of the molecule is CC(NC(=O)C1C2C=CC(C2)C1C(=O)O)c1cn(-c2ccccc2)nn1. The van der Waals surface area contributed by atoms with E-state index in [1.165, 1.54) is 0 Å². The van der Waals surface area contributed by atoms with E-state index in [9.17, 15) is 14.7 Å². The summed E-state index contributed by atoms with van der Waals surface area (Å²) in [6, 6.07) is 9.24. The molecule has 4 rings (SSSR count). The van der Waals surface area contributed by atoms with Crippen LogP contribution in [0.1, 0.15) is 25.1 Å². The topological polar surface area (TPSA) is 97.1 Å². The molecule has 2 N–H and O–H groups in total. The van der Waals surface area contributed by atoms with Crippen LogP contribution in [0.4, 0.5) is 0 Å². The molecular weight excluding hydrogens is 332 g/mol. The summed E-state index contributed by atoms with van der Waals surface area (Å²) in [7, 11) is 0. The van der Waals surface area contributed by atoms with Gasteiger partial charge in [0.2, 0.25) is 5.91 Å². The zero-order valence-electron chi connectivity index (χ0n) is 14.3. The van der Waals surface area contributed by atoms with Gasteiger partial charge in [0.1, 0.15) is 5.69 Å². The fourth-order valence-corrected chi connectivity index (χ4v) is 4.08. The Labute approximate surface area is 150 Å². The second-order valence-electron chi connectivity index (χ2n) is 6.99. The Morgan fingerprint density at radius 2 is 1.88 bits per heavy atom.